The average molecular weight is 400 g/mol. The minimum Gasteiger partial charge on any atom is -0.464 e. The predicted octanol–water partition coefficient (Wildman–Crippen LogP) is 4.45. The van der Waals surface area contributed by atoms with E-state index in [1.54, 1.807) is 24.4 Å². The maximum atomic E-state index is 12.1. The molecule has 2 amide bonds. The van der Waals surface area contributed by atoms with Crippen LogP contribution in [0.3, 0.4) is 0 Å². The van der Waals surface area contributed by atoms with Crippen molar-refractivity contribution in [3.05, 3.63) is 59.9 Å². The molecule has 0 saturated heterocycles. The monoisotopic (exact) mass is 399 g/mol. The second-order valence-corrected chi connectivity index (χ2v) is 6.68. The number of aromatic nitrogens is 3. The molecule has 0 fully saturated rings. The van der Waals surface area contributed by atoms with Crippen LogP contribution in [0.25, 0.3) is 5.65 Å². The van der Waals surface area contributed by atoms with Crippen LogP contribution >= 0.6 is 11.6 Å². The van der Waals surface area contributed by atoms with Crippen molar-refractivity contribution < 1.29 is 14.7 Å². The molecule has 3 rings (SSSR count). The Morgan fingerprint density at radius 3 is 2.75 bits per heavy atom. The van der Waals surface area contributed by atoms with Crippen molar-refractivity contribution in [2.75, 3.05) is 10.2 Å². The minimum absolute atomic E-state index is 0.132. The number of amides is 2. The van der Waals surface area contributed by atoms with Crippen LogP contribution in [0.2, 0.25) is 5.15 Å². The maximum absolute atomic E-state index is 12.1. The zero-order valence-electron chi connectivity index (χ0n) is 15.3. The summed E-state index contributed by atoms with van der Waals surface area (Å²) in [4.78, 5) is 29.0. The number of halogens is 1. The summed E-state index contributed by atoms with van der Waals surface area (Å²) in [5, 5.41) is 16.9. The zero-order chi connectivity index (χ0) is 20.4. The van der Waals surface area contributed by atoms with Gasteiger partial charge in [-0.15, -0.1) is 0 Å². The highest BCUT2D eigenvalue weighted by Gasteiger charge is 2.23. The van der Waals surface area contributed by atoms with E-state index in [1.165, 1.54) is 16.6 Å². The van der Waals surface area contributed by atoms with Gasteiger partial charge in [-0.2, -0.15) is 9.61 Å². The number of hydrogen-bond donors (Lipinski definition) is 2. The summed E-state index contributed by atoms with van der Waals surface area (Å²) in [7, 11) is 0. The van der Waals surface area contributed by atoms with Crippen molar-refractivity contribution in [2.45, 2.75) is 19.8 Å². The van der Waals surface area contributed by atoms with Gasteiger partial charge in [-0.3, -0.25) is 4.79 Å². The SMILES string of the molecule is C=CC(=O)Nc1cccc(N(C(=O)O)c2cc(Cl)nc3c(C(C)C)cnn23)c1. The first-order valence-electron chi connectivity index (χ1n) is 8.42. The number of rotatable bonds is 5. The second kappa shape index (κ2) is 7.69. The molecule has 0 unspecified atom stereocenters. The number of carboxylic acid groups (broad SMARTS) is 1. The number of anilines is 3. The lowest BCUT2D eigenvalue weighted by Gasteiger charge is -2.21. The molecule has 8 nitrogen and oxygen atoms in total. The number of nitrogens with zero attached hydrogens (tertiary/aromatic N) is 4. The molecule has 1 aromatic carbocycles. The van der Waals surface area contributed by atoms with Crippen molar-refractivity contribution >= 4 is 46.4 Å². The molecule has 2 heterocycles. The molecular formula is C19H18ClN5O3. The molecule has 0 saturated carbocycles. The summed E-state index contributed by atoms with van der Waals surface area (Å²) in [6.45, 7) is 7.37. The number of nitrogens with one attached hydrogen (secondary N) is 1. The molecule has 9 heteroatoms. The van der Waals surface area contributed by atoms with Crippen LogP contribution in [0.1, 0.15) is 25.3 Å². The highest BCUT2D eigenvalue weighted by molar-refractivity contribution is 6.29. The molecule has 0 radical (unpaired) electrons. The van der Waals surface area contributed by atoms with Crippen LogP contribution in [0.4, 0.5) is 22.0 Å². The summed E-state index contributed by atoms with van der Waals surface area (Å²) in [5.74, 6) is -0.0596. The maximum Gasteiger partial charge on any atom is 0.417 e. The van der Waals surface area contributed by atoms with Gasteiger partial charge in [-0.05, 0) is 30.2 Å². The first-order chi connectivity index (χ1) is 13.3. The van der Waals surface area contributed by atoms with Crippen molar-refractivity contribution in [1.82, 2.24) is 14.6 Å². The largest absolute Gasteiger partial charge is 0.464 e. The lowest BCUT2D eigenvalue weighted by atomic mass is 10.1. The normalized spacial score (nSPS) is 10.9. The fraction of sp³-hybridized carbons (Fsp3) is 0.158. The molecule has 0 spiro atoms. The molecule has 144 valence electrons. The summed E-state index contributed by atoms with van der Waals surface area (Å²) < 4.78 is 1.43. The first-order valence-corrected chi connectivity index (χ1v) is 8.80. The van der Waals surface area contributed by atoms with E-state index in [9.17, 15) is 14.7 Å². The van der Waals surface area contributed by atoms with Crippen LogP contribution < -0.4 is 10.2 Å². The van der Waals surface area contributed by atoms with Crippen LogP contribution in [0.15, 0.2) is 49.2 Å². The van der Waals surface area contributed by atoms with Gasteiger partial charge in [0.15, 0.2) is 5.65 Å². The Morgan fingerprint density at radius 2 is 2.11 bits per heavy atom. The fourth-order valence-electron chi connectivity index (χ4n) is 2.76. The van der Waals surface area contributed by atoms with E-state index in [0.717, 1.165) is 16.5 Å². The molecule has 0 bridgehead atoms. The third-order valence-electron chi connectivity index (χ3n) is 4.05. The van der Waals surface area contributed by atoms with E-state index in [4.69, 9.17) is 11.6 Å². The topological polar surface area (TPSA) is 99.8 Å². The minimum atomic E-state index is -1.24. The molecule has 28 heavy (non-hydrogen) atoms. The molecule has 0 aliphatic rings. The van der Waals surface area contributed by atoms with Gasteiger partial charge in [0, 0.05) is 17.3 Å². The molecule has 3 aromatic rings. The van der Waals surface area contributed by atoms with Crippen LogP contribution in [0, 0.1) is 0 Å². The van der Waals surface area contributed by atoms with Crippen molar-refractivity contribution in [3.8, 4) is 0 Å². The van der Waals surface area contributed by atoms with Crippen LogP contribution in [0.5, 0.6) is 0 Å². The van der Waals surface area contributed by atoms with E-state index < -0.39 is 12.0 Å². The Labute approximate surface area is 166 Å². The third-order valence-corrected chi connectivity index (χ3v) is 4.24. The van der Waals surface area contributed by atoms with Crippen molar-refractivity contribution in [3.63, 3.8) is 0 Å². The molecule has 0 aliphatic carbocycles. The highest BCUT2D eigenvalue weighted by atomic mass is 35.5. The molecule has 2 N–H and O–H groups in total. The predicted molar refractivity (Wildman–Crippen MR) is 108 cm³/mol. The summed E-state index contributed by atoms with van der Waals surface area (Å²) >= 11 is 6.17. The van der Waals surface area contributed by atoms with Crippen molar-refractivity contribution in [2.24, 2.45) is 0 Å². The van der Waals surface area contributed by atoms with Gasteiger partial charge in [-0.25, -0.2) is 14.7 Å². The Morgan fingerprint density at radius 1 is 1.36 bits per heavy atom. The average Bonchev–Trinajstić information content (AvgIpc) is 3.05. The number of carbonyl (C=O) groups is 2. The van der Waals surface area contributed by atoms with E-state index in [0.29, 0.717) is 17.0 Å². The van der Waals surface area contributed by atoms with Gasteiger partial charge >= 0.3 is 6.09 Å². The van der Waals surface area contributed by atoms with E-state index in [-0.39, 0.29) is 16.9 Å². The Bertz CT molecular complexity index is 1080. The lowest BCUT2D eigenvalue weighted by molar-refractivity contribution is -0.111. The van der Waals surface area contributed by atoms with Crippen molar-refractivity contribution in [1.29, 1.82) is 0 Å². The zero-order valence-corrected chi connectivity index (χ0v) is 16.0. The number of carbonyl (C=O) groups excluding carboxylic acids is 1. The molecule has 0 atom stereocenters. The van der Waals surface area contributed by atoms with Gasteiger partial charge in [-0.1, -0.05) is 38.1 Å². The Hall–Kier alpha value is -3.39. The molecular weight excluding hydrogens is 382 g/mol. The molecule has 0 aliphatic heterocycles. The Kier molecular flexibility index (Phi) is 5.32. The number of hydrogen-bond acceptors (Lipinski definition) is 4. The van der Waals surface area contributed by atoms with Gasteiger partial charge in [0.2, 0.25) is 5.91 Å². The first kappa shape index (κ1) is 19.4. The van der Waals surface area contributed by atoms with Gasteiger partial charge in [0.25, 0.3) is 0 Å². The fourth-order valence-corrected chi connectivity index (χ4v) is 2.94. The van der Waals surface area contributed by atoms with E-state index in [2.05, 4.69) is 22.0 Å². The Balaban J connectivity index is 2.17. The van der Waals surface area contributed by atoms with E-state index in [1.807, 2.05) is 13.8 Å². The standard InChI is InChI=1S/C19H18ClN5O3/c1-4-16(26)22-12-6-5-7-13(8-12)24(19(27)28)17-9-15(20)23-18-14(11(2)3)10-21-25(17)18/h4-11H,1H2,2-3H3,(H,22,26)(H,27,28). The number of fused-ring (bicyclic) bond motifs is 1. The summed E-state index contributed by atoms with van der Waals surface area (Å²) in [6, 6.07) is 7.83. The van der Waals surface area contributed by atoms with Gasteiger partial charge < -0.3 is 10.4 Å². The van der Waals surface area contributed by atoms with Gasteiger partial charge in [0.1, 0.15) is 11.0 Å². The van der Waals surface area contributed by atoms with Crippen LogP contribution in [-0.2, 0) is 4.79 Å². The van der Waals surface area contributed by atoms with Gasteiger partial charge in [0.05, 0.1) is 11.9 Å². The summed E-state index contributed by atoms with van der Waals surface area (Å²) in [5.41, 5.74) is 2.06. The third kappa shape index (κ3) is 3.67. The summed E-state index contributed by atoms with van der Waals surface area (Å²) in [6.07, 6.45) is 1.54. The highest BCUT2D eigenvalue weighted by Crippen LogP contribution is 2.31. The lowest BCUT2D eigenvalue weighted by Crippen LogP contribution is -2.26. The second-order valence-electron chi connectivity index (χ2n) is 6.29. The van der Waals surface area contributed by atoms with E-state index >= 15 is 0 Å². The molecule has 2 aromatic heterocycles. The van der Waals surface area contributed by atoms with Crippen LogP contribution in [-0.4, -0.2) is 31.7 Å². The quantitative estimate of drug-likeness (QED) is 0.487. The smallest absolute Gasteiger partial charge is 0.417 e. The number of benzene rings is 1.